The lowest BCUT2D eigenvalue weighted by atomic mass is 10.2. The number of pyridine rings is 1. The van der Waals surface area contributed by atoms with Crippen molar-refractivity contribution in [2.24, 2.45) is 0 Å². The molecule has 0 unspecified atom stereocenters. The molecule has 0 fully saturated rings. The summed E-state index contributed by atoms with van der Waals surface area (Å²) in [6.07, 6.45) is 4.46. The van der Waals surface area contributed by atoms with Crippen LogP contribution < -0.4 is 0 Å². The summed E-state index contributed by atoms with van der Waals surface area (Å²) in [5.41, 5.74) is 0.410. The second-order valence-electron chi connectivity index (χ2n) is 3.42. The number of hydrogen-bond donors (Lipinski definition) is 1. The smallest absolute Gasteiger partial charge is 0.346 e. The first-order valence-corrected chi connectivity index (χ1v) is 5.06. The molecule has 0 saturated carbocycles. The standard InChI is InChI=1S/C13H8N2O3/c14-7-10(13(16)17)6-11-3-4-12(18-11)9-2-1-5-15-8-9/h1-6,8H,(H,16,17). The highest BCUT2D eigenvalue weighted by atomic mass is 16.4. The zero-order chi connectivity index (χ0) is 13.0. The first kappa shape index (κ1) is 11.6. The van der Waals surface area contributed by atoms with E-state index in [4.69, 9.17) is 14.8 Å². The van der Waals surface area contributed by atoms with E-state index in [1.807, 2.05) is 6.07 Å². The molecule has 1 N–H and O–H groups in total. The molecule has 0 aromatic carbocycles. The van der Waals surface area contributed by atoms with Crippen molar-refractivity contribution < 1.29 is 14.3 Å². The van der Waals surface area contributed by atoms with Gasteiger partial charge in [0.25, 0.3) is 0 Å². The van der Waals surface area contributed by atoms with Crippen LogP contribution in [0.15, 0.2) is 46.6 Å². The van der Waals surface area contributed by atoms with Crippen molar-refractivity contribution in [1.29, 1.82) is 5.26 Å². The van der Waals surface area contributed by atoms with Crippen molar-refractivity contribution in [2.45, 2.75) is 0 Å². The Kier molecular flexibility index (Phi) is 3.21. The van der Waals surface area contributed by atoms with Gasteiger partial charge >= 0.3 is 5.97 Å². The Morgan fingerprint density at radius 1 is 1.44 bits per heavy atom. The van der Waals surface area contributed by atoms with Crippen molar-refractivity contribution in [3.8, 4) is 17.4 Å². The maximum atomic E-state index is 10.7. The molecule has 88 valence electrons. The molecule has 2 aromatic rings. The minimum absolute atomic E-state index is 0.313. The normalized spacial score (nSPS) is 10.9. The monoisotopic (exact) mass is 240 g/mol. The average Bonchev–Trinajstić information content (AvgIpc) is 2.85. The molecule has 0 aliphatic carbocycles. The topological polar surface area (TPSA) is 87.1 Å². The Labute approximate surface area is 103 Å². The molecule has 0 amide bonds. The van der Waals surface area contributed by atoms with E-state index in [1.165, 1.54) is 6.08 Å². The minimum atomic E-state index is -1.28. The summed E-state index contributed by atoms with van der Waals surface area (Å²) < 4.78 is 5.42. The van der Waals surface area contributed by atoms with Crippen LogP contribution >= 0.6 is 0 Å². The van der Waals surface area contributed by atoms with Crippen LogP contribution in [-0.4, -0.2) is 16.1 Å². The maximum absolute atomic E-state index is 10.7. The SMILES string of the molecule is N#CC(=Cc1ccc(-c2cccnc2)o1)C(=O)O. The van der Waals surface area contributed by atoms with Crippen LogP contribution in [0.25, 0.3) is 17.4 Å². The summed E-state index contributed by atoms with van der Waals surface area (Å²) in [5, 5.41) is 17.3. The van der Waals surface area contributed by atoms with Crippen LogP contribution in [0, 0.1) is 11.3 Å². The number of rotatable bonds is 3. The number of nitriles is 1. The fourth-order valence-corrected chi connectivity index (χ4v) is 1.38. The first-order chi connectivity index (χ1) is 8.70. The molecule has 2 rings (SSSR count). The highest BCUT2D eigenvalue weighted by molar-refractivity contribution is 5.96. The number of aliphatic carboxylic acids is 1. The minimum Gasteiger partial charge on any atom is -0.477 e. The second-order valence-corrected chi connectivity index (χ2v) is 3.42. The third kappa shape index (κ3) is 2.44. The van der Waals surface area contributed by atoms with Crippen molar-refractivity contribution in [3.63, 3.8) is 0 Å². The van der Waals surface area contributed by atoms with E-state index in [2.05, 4.69) is 4.98 Å². The number of carbonyl (C=O) groups is 1. The molecule has 0 spiro atoms. The van der Waals surface area contributed by atoms with Gasteiger partial charge in [-0.1, -0.05) is 0 Å². The lowest BCUT2D eigenvalue weighted by molar-refractivity contribution is -0.132. The predicted molar refractivity (Wildman–Crippen MR) is 63.2 cm³/mol. The molecule has 18 heavy (non-hydrogen) atoms. The fraction of sp³-hybridized carbons (Fsp3) is 0. The maximum Gasteiger partial charge on any atom is 0.346 e. The van der Waals surface area contributed by atoms with Gasteiger partial charge in [0.1, 0.15) is 23.2 Å². The van der Waals surface area contributed by atoms with Gasteiger partial charge in [-0.3, -0.25) is 4.98 Å². The highest BCUT2D eigenvalue weighted by Crippen LogP contribution is 2.22. The number of hydrogen-bond acceptors (Lipinski definition) is 4. The molecular weight excluding hydrogens is 232 g/mol. The first-order valence-electron chi connectivity index (χ1n) is 5.06. The number of carboxylic acids is 1. The van der Waals surface area contributed by atoms with Crippen molar-refractivity contribution in [3.05, 3.63) is 48.0 Å². The Hall–Kier alpha value is -2.87. The summed E-state index contributed by atoms with van der Waals surface area (Å²) in [5.74, 6) is -0.401. The van der Waals surface area contributed by atoms with E-state index < -0.39 is 5.97 Å². The van der Waals surface area contributed by atoms with E-state index in [9.17, 15) is 4.79 Å². The van der Waals surface area contributed by atoms with Gasteiger partial charge in [0.15, 0.2) is 0 Å². The molecule has 0 bridgehead atoms. The zero-order valence-electron chi connectivity index (χ0n) is 9.20. The predicted octanol–water partition coefficient (Wildman–Crippen LogP) is 2.33. The molecule has 5 nitrogen and oxygen atoms in total. The third-order valence-corrected chi connectivity index (χ3v) is 2.21. The molecule has 0 aliphatic heterocycles. The van der Waals surface area contributed by atoms with Crippen molar-refractivity contribution in [1.82, 2.24) is 4.98 Å². The van der Waals surface area contributed by atoms with Gasteiger partial charge in [-0.25, -0.2) is 4.79 Å². The molecule has 5 heteroatoms. The quantitative estimate of drug-likeness (QED) is 0.657. The van der Waals surface area contributed by atoms with Gasteiger partial charge in [0.05, 0.1) is 0 Å². The van der Waals surface area contributed by atoms with Gasteiger partial charge in [-0.2, -0.15) is 5.26 Å². The van der Waals surface area contributed by atoms with Crippen LogP contribution in [0.3, 0.4) is 0 Å². The summed E-state index contributed by atoms with van der Waals surface area (Å²) in [6, 6.07) is 8.47. The van der Waals surface area contributed by atoms with E-state index >= 15 is 0 Å². The van der Waals surface area contributed by atoms with Gasteiger partial charge in [-0.15, -0.1) is 0 Å². The van der Waals surface area contributed by atoms with E-state index in [0.717, 1.165) is 5.56 Å². The summed E-state index contributed by atoms with van der Waals surface area (Å²) in [7, 11) is 0. The Morgan fingerprint density at radius 2 is 2.28 bits per heavy atom. The van der Waals surface area contributed by atoms with Crippen LogP contribution in [-0.2, 0) is 4.79 Å². The van der Waals surface area contributed by atoms with Gasteiger partial charge in [-0.05, 0) is 24.3 Å². The Balaban J connectivity index is 2.33. The number of carboxylic acid groups (broad SMARTS) is 1. The van der Waals surface area contributed by atoms with Crippen LogP contribution in [0.1, 0.15) is 5.76 Å². The lowest BCUT2D eigenvalue weighted by Crippen LogP contribution is -1.96. The van der Waals surface area contributed by atoms with Gasteiger partial charge < -0.3 is 9.52 Å². The number of aromatic nitrogens is 1. The molecule has 0 radical (unpaired) electrons. The number of nitrogens with zero attached hydrogens (tertiary/aromatic N) is 2. The third-order valence-electron chi connectivity index (χ3n) is 2.21. The van der Waals surface area contributed by atoms with E-state index in [1.54, 1.807) is 36.7 Å². The summed E-state index contributed by atoms with van der Waals surface area (Å²) in [6.45, 7) is 0. The molecule has 0 atom stereocenters. The average molecular weight is 240 g/mol. The summed E-state index contributed by atoms with van der Waals surface area (Å²) >= 11 is 0. The zero-order valence-corrected chi connectivity index (χ0v) is 9.20. The number of furan rings is 1. The molecule has 2 heterocycles. The van der Waals surface area contributed by atoms with Gasteiger partial charge in [0.2, 0.25) is 0 Å². The van der Waals surface area contributed by atoms with E-state index in [0.29, 0.717) is 11.5 Å². The second kappa shape index (κ2) is 4.97. The molecule has 0 aliphatic rings. The highest BCUT2D eigenvalue weighted by Gasteiger charge is 2.08. The lowest BCUT2D eigenvalue weighted by Gasteiger charge is -1.94. The van der Waals surface area contributed by atoms with Crippen LogP contribution in [0.4, 0.5) is 0 Å². The van der Waals surface area contributed by atoms with Crippen LogP contribution in [0.5, 0.6) is 0 Å². The van der Waals surface area contributed by atoms with Crippen molar-refractivity contribution >= 4 is 12.0 Å². The summed E-state index contributed by atoms with van der Waals surface area (Å²) in [4.78, 5) is 14.6. The fourth-order valence-electron chi connectivity index (χ4n) is 1.38. The van der Waals surface area contributed by atoms with Crippen LogP contribution in [0.2, 0.25) is 0 Å². The molecule has 2 aromatic heterocycles. The Morgan fingerprint density at radius 3 is 2.89 bits per heavy atom. The molecular formula is C13H8N2O3. The largest absolute Gasteiger partial charge is 0.477 e. The van der Waals surface area contributed by atoms with Gasteiger partial charge in [0, 0.05) is 24.0 Å². The van der Waals surface area contributed by atoms with Crippen molar-refractivity contribution in [2.75, 3.05) is 0 Å². The van der Waals surface area contributed by atoms with E-state index in [-0.39, 0.29) is 5.57 Å². The Bertz CT molecular complexity index is 636. The molecule has 0 saturated heterocycles.